The molecule has 0 heterocycles. The lowest BCUT2D eigenvalue weighted by atomic mass is 9.75. The number of nitrogens with one attached hydrogen (secondary N) is 1. The van der Waals surface area contributed by atoms with Crippen LogP contribution in [0.3, 0.4) is 0 Å². The van der Waals surface area contributed by atoms with Crippen LogP contribution in [0.1, 0.15) is 44.6 Å². The second-order valence-corrected chi connectivity index (χ2v) is 5.15. The lowest BCUT2D eigenvalue weighted by Crippen LogP contribution is -2.39. The molecule has 0 unspecified atom stereocenters. The summed E-state index contributed by atoms with van der Waals surface area (Å²) in [5.74, 6) is 0.168. The third kappa shape index (κ3) is 3.09. The van der Waals surface area contributed by atoms with Crippen LogP contribution in [0.15, 0.2) is 30.3 Å². The molecule has 0 saturated heterocycles. The minimum atomic E-state index is -0.163. The highest BCUT2D eigenvalue weighted by Gasteiger charge is 2.34. The van der Waals surface area contributed by atoms with Gasteiger partial charge in [-0.2, -0.15) is 0 Å². The Morgan fingerprint density at radius 3 is 2.47 bits per heavy atom. The van der Waals surface area contributed by atoms with Crippen LogP contribution in [0.2, 0.25) is 0 Å². The number of carbonyl (C=O) groups is 1. The molecule has 1 aliphatic rings. The minimum Gasteiger partial charge on any atom is -0.346 e. The SMILES string of the molecule is CC1(C(=O)N[CH]c2ccccc2)CCCCC1. The molecule has 2 heteroatoms. The second-order valence-electron chi connectivity index (χ2n) is 5.15. The second kappa shape index (κ2) is 5.35. The van der Waals surface area contributed by atoms with Gasteiger partial charge in [-0.1, -0.05) is 56.5 Å². The normalized spacial score (nSPS) is 18.6. The number of hydrogen-bond acceptors (Lipinski definition) is 1. The van der Waals surface area contributed by atoms with E-state index in [1.807, 2.05) is 36.9 Å². The van der Waals surface area contributed by atoms with Crippen molar-refractivity contribution in [2.24, 2.45) is 5.41 Å². The van der Waals surface area contributed by atoms with Gasteiger partial charge in [0.05, 0.1) is 6.54 Å². The van der Waals surface area contributed by atoms with Gasteiger partial charge in [-0.25, -0.2) is 0 Å². The minimum absolute atomic E-state index is 0.163. The van der Waals surface area contributed by atoms with E-state index in [-0.39, 0.29) is 11.3 Å². The summed E-state index contributed by atoms with van der Waals surface area (Å²) in [4.78, 5) is 12.2. The molecule has 1 saturated carbocycles. The van der Waals surface area contributed by atoms with Crippen LogP contribution in [-0.4, -0.2) is 5.91 Å². The van der Waals surface area contributed by atoms with E-state index < -0.39 is 0 Å². The third-order valence-corrected chi connectivity index (χ3v) is 3.67. The molecule has 0 atom stereocenters. The Morgan fingerprint density at radius 1 is 1.18 bits per heavy atom. The molecule has 1 aromatic carbocycles. The standard InChI is InChI=1S/C15H20NO/c1-15(10-6-3-7-11-15)14(17)16-12-13-8-4-2-5-9-13/h2,4-5,8-9,12H,3,6-7,10-11H2,1H3,(H,16,17). The van der Waals surface area contributed by atoms with E-state index in [2.05, 4.69) is 12.2 Å². The molecular weight excluding hydrogens is 210 g/mol. The van der Waals surface area contributed by atoms with Crippen LogP contribution in [0.25, 0.3) is 0 Å². The van der Waals surface area contributed by atoms with Crippen molar-refractivity contribution in [2.45, 2.75) is 39.0 Å². The van der Waals surface area contributed by atoms with Gasteiger partial charge in [0.1, 0.15) is 0 Å². The summed E-state index contributed by atoms with van der Waals surface area (Å²) >= 11 is 0. The van der Waals surface area contributed by atoms with E-state index in [1.165, 1.54) is 19.3 Å². The first-order valence-electron chi connectivity index (χ1n) is 6.40. The average Bonchev–Trinajstić information content (AvgIpc) is 2.38. The van der Waals surface area contributed by atoms with Crippen molar-refractivity contribution < 1.29 is 4.79 Å². The zero-order valence-electron chi connectivity index (χ0n) is 10.4. The molecule has 1 radical (unpaired) electrons. The first-order chi connectivity index (χ1) is 8.21. The molecule has 0 spiro atoms. The Kier molecular flexibility index (Phi) is 3.82. The fourth-order valence-corrected chi connectivity index (χ4v) is 2.43. The van der Waals surface area contributed by atoms with Crippen molar-refractivity contribution in [3.63, 3.8) is 0 Å². The predicted octanol–water partition coefficient (Wildman–Crippen LogP) is 3.28. The molecule has 0 aromatic heterocycles. The lowest BCUT2D eigenvalue weighted by Gasteiger charge is -2.31. The first kappa shape index (κ1) is 12.2. The number of carbonyl (C=O) groups excluding carboxylic acids is 1. The van der Waals surface area contributed by atoms with Crippen LogP contribution >= 0.6 is 0 Å². The van der Waals surface area contributed by atoms with Crippen LogP contribution in [-0.2, 0) is 4.79 Å². The third-order valence-electron chi connectivity index (χ3n) is 3.67. The summed E-state index contributed by atoms with van der Waals surface area (Å²) in [7, 11) is 0. The number of benzene rings is 1. The summed E-state index contributed by atoms with van der Waals surface area (Å²) < 4.78 is 0. The smallest absolute Gasteiger partial charge is 0.226 e. The Bertz CT molecular complexity index is 366. The first-order valence-corrected chi connectivity index (χ1v) is 6.40. The van der Waals surface area contributed by atoms with Crippen LogP contribution in [0.5, 0.6) is 0 Å². The molecule has 2 nitrogen and oxygen atoms in total. The summed E-state index contributed by atoms with van der Waals surface area (Å²) in [6, 6.07) is 9.90. The van der Waals surface area contributed by atoms with Gasteiger partial charge in [0.15, 0.2) is 0 Å². The van der Waals surface area contributed by atoms with Crippen molar-refractivity contribution in [3.05, 3.63) is 42.4 Å². The summed E-state index contributed by atoms with van der Waals surface area (Å²) in [6.07, 6.45) is 5.65. The number of rotatable bonds is 3. The predicted molar refractivity (Wildman–Crippen MR) is 69.2 cm³/mol. The number of amides is 1. The van der Waals surface area contributed by atoms with E-state index in [9.17, 15) is 4.79 Å². The fraction of sp³-hybridized carbons (Fsp3) is 0.467. The van der Waals surface area contributed by atoms with Gasteiger partial charge in [0.25, 0.3) is 0 Å². The number of hydrogen-bond donors (Lipinski definition) is 1. The molecule has 0 aliphatic heterocycles. The van der Waals surface area contributed by atoms with E-state index in [4.69, 9.17) is 0 Å². The van der Waals surface area contributed by atoms with Crippen molar-refractivity contribution in [2.75, 3.05) is 0 Å². The Balaban J connectivity index is 1.88. The zero-order valence-corrected chi connectivity index (χ0v) is 10.4. The molecule has 1 N–H and O–H groups in total. The van der Waals surface area contributed by atoms with E-state index in [1.54, 1.807) is 0 Å². The van der Waals surface area contributed by atoms with Crippen LogP contribution < -0.4 is 5.32 Å². The van der Waals surface area contributed by atoms with Gasteiger partial charge >= 0.3 is 0 Å². The van der Waals surface area contributed by atoms with Gasteiger partial charge in [0.2, 0.25) is 5.91 Å². The molecule has 91 valence electrons. The molecular formula is C15H20NO. The highest BCUT2D eigenvalue weighted by atomic mass is 16.2. The van der Waals surface area contributed by atoms with Crippen LogP contribution in [0, 0.1) is 12.0 Å². The monoisotopic (exact) mass is 230 g/mol. The van der Waals surface area contributed by atoms with Crippen LogP contribution in [0.4, 0.5) is 0 Å². The largest absolute Gasteiger partial charge is 0.346 e. The maximum atomic E-state index is 12.2. The maximum Gasteiger partial charge on any atom is 0.226 e. The fourth-order valence-electron chi connectivity index (χ4n) is 2.43. The molecule has 1 aliphatic carbocycles. The summed E-state index contributed by atoms with van der Waals surface area (Å²) in [5, 5.41) is 2.95. The van der Waals surface area contributed by atoms with Gasteiger partial charge in [-0.3, -0.25) is 4.79 Å². The van der Waals surface area contributed by atoms with Crippen molar-refractivity contribution in [1.82, 2.24) is 5.32 Å². The van der Waals surface area contributed by atoms with Gasteiger partial charge in [-0.05, 0) is 18.4 Å². The quantitative estimate of drug-likeness (QED) is 0.848. The van der Waals surface area contributed by atoms with Crippen molar-refractivity contribution >= 4 is 5.91 Å². The molecule has 1 aromatic rings. The Hall–Kier alpha value is -1.31. The van der Waals surface area contributed by atoms with E-state index in [0.29, 0.717) is 0 Å². The Morgan fingerprint density at radius 2 is 1.82 bits per heavy atom. The van der Waals surface area contributed by atoms with Crippen molar-refractivity contribution in [3.8, 4) is 0 Å². The molecule has 1 fully saturated rings. The van der Waals surface area contributed by atoms with Gasteiger partial charge in [0, 0.05) is 5.41 Å². The van der Waals surface area contributed by atoms with Gasteiger partial charge in [-0.15, -0.1) is 0 Å². The van der Waals surface area contributed by atoms with Crippen molar-refractivity contribution in [1.29, 1.82) is 0 Å². The molecule has 1 amide bonds. The zero-order chi connectivity index (χ0) is 12.1. The highest BCUT2D eigenvalue weighted by Crippen LogP contribution is 2.35. The highest BCUT2D eigenvalue weighted by molar-refractivity contribution is 5.83. The average molecular weight is 230 g/mol. The van der Waals surface area contributed by atoms with E-state index in [0.717, 1.165) is 18.4 Å². The molecule has 17 heavy (non-hydrogen) atoms. The van der Waals surface area contributed by atoms with Gasteiger partial charge < -0.3 is 5.32 Å². The summed E-state index contributed by atoms with van der Waals surface area (Å²) in [6.45, 7) is 3.89. The van der Waals surface area contributed by atoms with E-state index >= 15 is 0 Å². The Labute approximate surface area is 103 Å². The maximum absolute atomic E-state index is 12.2. The molecule has 2 rings (SSSR count). The molecule has 0 bridgehead atoms. The topological polar surface area (TPSA) is 29.1 Å². The lowest BCUT2D eigenvalue weighted by molar-refractivity contribution is -0.131. The summed E-state index contributed by atoms with van der Waals surface area (Å²) in [5.41, 5.74) is 0.879.